The number of pyridine rings is 2. The van der Waals surface area contributed by atoms with Crippen molar-refractivity contribution in [1.82, 2.24) is 19.7 Å². The highest BCUT2D eigenvalue weighted by atomic mass is 16.5. The average Bonchev–Trinajstić information content (AvgIpc) is 3.66. The van der Waals surface area contributed by atoms with E-state index in [0.29, 0.717) is 12.4 Å². The van der Waals surface area contributed by atoms with Gasteiger partial charge in [-0.3, -0.25) is 9.67 Å². The summed E-state index contributed by atoms with van der Waals surface area (Å²) in [5, 5.41) is 8.90. The molecule has 0 aliphatic carbocycles. The molecule has 1 N–H and O–H groups in total. The van der Waals surface area contributed by atoms with Gasteiger partial charge in [-0.2, -0.15) is 5.10 Å². The third-order valence-electron chi connectivity index (χ3n) is 8.99. The molecule has 3 heterocycles. The third-order valence-corrected chi connectivity index (χ3v) is 8.99. The smallest absolute Gasteiger partial charge is 0.138 e. The van der Waals surface area contributed by atoms with Crippen molar-refractivity contribution >= 4 is 11.5 Å². The molecular formula is C45H35N5O. The molecule has 0 spiro atoms. The zero-order valence-corrected chi connectivity index (χ0v) is 27.9. The van der Waals surface area contributed by atoms with Crippen LogP contribution in [-0.4, -0.2) is 19.7 Å². The lowest BCUT2D eigenvalue weighted by Gasteiger charge is -2.36. The first-order valence-corrected chi connectivity index (χ1v) is 17.0. The molecule has 0 saturated heterocycles. The third kappa shape index (κ3) is 6.51. The van der Waals surface area contributed by atoms with E-state index in [1.807, 2.05) is 79.1 Å². The van der Waals surface area contributed by atoms with E-state index in [2.05, 4.69) is 130 Å². The van der Waals surface area contributed by atoms with Gasteiger partial charge in [-0.15, -0.1) is 0 Å². The molecule has 0 radical (unpaired) electrons. The van der Waals surface area contributed by atoms with Crippen LogP contribution in [0.25, 0.3) is 22.5 Å². The Morgan fingerprint density at radius 1 is 0.569 bits per heavy atom. The minimum absolute atomic E-state index is 0.517. The van der Waals surface area contributed by atoms with Gasteiger partial charge >= 0.3 is 0 Å². The van der Waals surface area contributed by atoms with Crippen molar-refractivity contribution in [3.8, 4) is 28.3 Å². The Kier molecular flexibility index (Phi) is 8.87. The average molecular weight is 662 g/mol. The SMILES string of the molecule is c1ccc(COc2ccc(Nc3cc(-c4cn(C(c5ccccc5)(c5ccccc5)c5ccccc5)nc4-c4ccccn4)ccn3)cc2)cc1. The van der Waals surface area contributed by atoms with Crippen LogP contribution in [-0.2, 0) is 12.1 Å². The second-order valence-corrected chi connectivity index (χ2v) is 12.2. The number of aromatic nitrogens is 4. The van der Waals surface area contributed by atoms with Crippen molar-refractivity contribution in [3.63, 3.8) is 0 Å². The number of ether oxygens (including phenoxy) is 1. The van der Waals surface area contributed by atoms with Crippen LogP contribution in [0.2, 0.25) is 0 Å². The Labute approximate surface area is 297 Å². The van der Waals surface area contributed by atoms with E-state index >= 15 is 0 Å². The van der Waals surface area contributed by atoms with Gasteiger partial charge < -0.3 is 10.1 Å². The van der Waals surface area contributed by atoms with Crippen LogP contribution >= 0.6 is 0 Å². The second kappa shape index (κ2) is 14.4. The summed E-state index contributed by atoms with van der Waals surface area (Å²) in [4.78, 5) is 9.44. The Hall–Kier alpha value is -6.79. The molecule has 0 saturated carbocycles. The van der Waals surface area contributed by atoms with Crippen LogP contribution in [0.3, 0.4) is 0 Å². The topological polar surface area (TPSA) is 64.9 Å². The molecule has 3 aromatic heterocycles. The molecule has 0 bridgehead atoms. The molecule has 51 heavy (non-hydrogen) atoms. The van der Waals surface area contributed by atoms with Gasteiger partial charge in [0.05, 0.1) is 5.69 Å². The van der Waals surface area contributed by atoms with E-state index in [1.165, 1.54) is 0 Å². The highest BCUT2D eigenvalue weighted by Gasteiger charge is 2.40. The fourth-order valence-corrected chi connectivity index (χ4v) is 6.57. The van der Waals surface area contributed by atoms with E-state index in [-0.39, 0.29) is 0 Å². The van der Waals surface area contributed by atoms with E-state index in [0.717, 1.165) is 56.2 Å². The molecule has 6 heteroatoms. The molecule has 5 aromatic carbocycles. The van der Waals surface area contributed by atoms with E-state index in [4.69, 9.17) is 14.8 Å². The molecule has 0 atom stereocenters. The maximum Gasteiger partial charge on any atom is 0.138 e. The summed E-state index contributed by atoms with van der Waals surface area (Å²) in [5.74, 6) is 1.52. The highest BCUT2D eigenvalue weighted by Crippen LogP contribution is 2.43. The van der Waals surface area contributed by atoms with Crippen LogP contribution < -0.4 is 10.1 Å². The van der Waals surface area contributed by atoms with Crippen molar-refractivity contribution in [2.75, 3.05) is 5.32 Å². The minimum Gasteiger partial charge on any atom is -0.489 e. The Morgan fingerprint density at radius 2 is 1.16 bits per heavy atom. The van der Waals surface area contributed by atoms with Gasteiger partial charge in [-0.05, 0) is 76.3 Å². The normalized spacial score (nSPS) is 11.2. The van der Waals surface area contributed by atoms with Crippen molar-refractivity contribution in [1.29, 1.82) is 0 Å². The quantitative estimate of drug-likeness (QED) is 0.140. The second-order valence-electron chi connectivity index (χ2n) is 12.2. The first-order chi connectivity index (χ1) is 25.3. The van der Waals surface area contributed by atoms with Gasteiger partial charge in [0, 0.05) is 29.8 Å². The number of benzene rings is 5. The Balaban J connectivity index is 1.21. The molecule has 0 unspecified atom stereocenters. The molecule has 8 rings (SSSR count). The summed E-state index contributed by atoms with van der Waals surface area (Å²) < 4.78 is 8.10. The van der Waals surface area contributed by atoms with Gasteiger partial charge in [0.25, 0.3) is 0 Å². The van der Waals surface area contributed by atoms with Crippen molar-refractivity contribution in [3.05, 3.63) is 217 Å². The number of anilines is 2. The maximum absolute atomic E-state index is 6.00. The van der Waals surface area contributed by atoms with Crippen LogP contribution in [0.4, 0.5) is 11.5 Å². The van der Waals surface area contributed by atoms with E-state index in [9.17, 15) is 0 Å². The fraction of sp³-hybridized carbons (Fsp3) is 0.0444. The molecular weight excluding hydrogens is 627 g/mol. The molecule has 0 fully saturated rings. The predicted molar refractivity (Wildman–Crippen MR) is 204 cm³/mol. The molecule has 0 amide bonds. The zero-order valence-electron chi connectivity index (χ0n) is 27.9. The van der Waals surface area contributed by atoms with Crippen LogP contribution in [0.1, 0.15) is 22.3 Å². The molecule has 8 aromatic rings. The van der Waals surface area contributed by atoms with Gasteiger partial charge in [0.15, 0.2) is 0 Å². The number of rotatable bonds is 11. The van der Waals surface area contributed by atoms with Crippen LogP contribution in [0.5, 0.6) is 5.75 Å². The summed E-state index contributed by atoms with van der Waals surface area (Å²) in [6.07, 6.45) is 5.78. The molecule has 0 aliphatic heterocycles. The summed E-state index contributed by atoms with van der Waals surface area (Å²) in [5.41, 5.74) is 8.01. The standard InChI is InChI=1S/C45H35N5O/c1-5-15-34(16-6-1)33-51-40-26-24-39(25-27-40)48-43-31-35(28-30-47-43)41-32-50(49-44(41)42-23-13-14-29-46-42)45(36-17-7-2-8-18-36,37-19-9-3-10-20-37)38-21-11-4-12-22-38/h1-32H,33H2,(H,47,48). The lowest BCUT2D eigenvalue weighted by molar-refractivity contribution is 0.306. The number of nitrogens with one attached hydrogen (secondary N) is 1. The Bertz CT molecular complexity index is 2210. The first-order valence-electron chi connectivity index (χ1n) is 17.0. The first kappa shape index (κ1) is 31.5. The zero-order chi connectivity index (χ0) is 34.3. The van der Waals surface area contributed by atoms with Crippen molar-refractivity contribution < 1.29 is 4.74 Å². The molecule has 0 aliphatic rings. The van der Waals surface area contributed by atoms with Gasteiger partial charge in [0.1, 0.15) is 29.4 Å². The van der Waals surface area contributed by atoms with Gasteiger partial charge in [-0.25, -0.2) is 4.98 Å². The van der Waals surface area contributed by atoms with Crippen molar-refractivity contribution in [2.24, 2.45) is 0 Å². The minimum atomic E-state index is -0.774. The van der Waals surface area contributed by atoms with Crippen LogP contribution in [0.15, 0.2) is 195 Å². The largest absolute Gasteiger partial charge is 0.489 e. The monoisotopic (exact) mass is 661 g/mol. The van der Waals surface area contributed by atoms with E-state index < -0.39 is 5.54 Å². The predicted octanol–water partition coefficient (Wildman–Crippen LogP) is 10.2. The molecule has 6 nitrogen and oxygen atoms in total. The van der Waals surface area contributed by atoms with E-state index in [1.54, 1.807) is 0 Å². The summed E-state index contributed by atoms with van der Waals surface area (Å²) in [6.45, 7) is 0.517. The number of hydrogen-bond acceptors (Lipinski definition) is 5. The van der Waals surface area contributed by atoms with Gasteiger partial charge in [0.2, 0.25) is 0 Å². The number of hydrogen-bond donors (Lipinski definition) is 1. The highest BCUT2D eigenvalue weighted by molar-refractivity contribution is 5.80. The molecule has 246 valence electrons. The van der Waals surface area contributed by atoms with Crippen LogP contribution in [0, 0.1) is 0 Å². The van der Waals surface area contributed by atoms with Gasteiger partial charge in [-0.1, -0.05) is 127 Å². The van der Waals surface area contributed by atoms with Crippen molar-refractivity contribution in [2.45, 2.75) is 12.1 Å². The number of nitrogens with zero attached hydrogens (tertiary/aromatic N) is 4. The summed E-state index contributed by atoms with van der Waals surface area (Å²) >= 11 is 0. The maximum atomic E-state index is 6.00. The Morgan fingerprint density at radius 3 is 1.75 bits per heavy atom. The summed E-state index contributed by atoms with van der Waals surface area (Å²) in [7, 11) is 0. The fourth-order valence-electron chi connectivity index (χ4n) is 6.57. The lowest BCUT2D eigenvalue weighted by Crippen LogP contribution is -2.38. The summed E-state index contributed by atoms with van der Waals surface area (Å²) in [6, 6.07) is 59.8. The lowest BCUT2D eigenvalue weighted by atomic mass is 9.77.